The molecule has 1 saturated heterocycles. The average molecular weight is 289 g/mol. The molecule has 8 nitrogen and oxygen atoms in total. The van der Waals surface area contributed by atoms with Gasteiger partial charge in [-0.1, -0.05) is 0 Å². The second kappa shape index (κ2) is 5.85. The van der Waals surface area contributed by atoms with Crippen LogP contribution in [0.25, 0.3) is 0 Å². The van der Waals surface area contributed by atoms with Gasteiger partial charge in [0, 0.05) is 6.42 Å². The van der Waals surface area contributed by atoms with E-state index in [1.807, 2.05) is 0 Å². The van der Waals surface area contributed by atoms with Gasteiger partial charge < -0.3 is 9.63 Å². The van der Waals surface area contributed by atoms with Crippen LogP contribution in [0.3, 0.4) is 0 Å². The Hall–Kier alpha value is -1.18. The van der Waals surface area contributed by atoms with Crippen LogP contribution >= 0.6 is 8.25 Å². The Morgan fingerprint density at radius 1 is 1.58 bits per heavy atom. The minimum absolute atomic E-state index is 0.0499. The summed E-state index contributed by atoms with van der Waals surface area (Å²) in [6.07, 6.45) is 1.92. The Kier molecular flexibility index (Phi) is 4.38. The molecule has 2 aliphatic heterocycles. The zero-order valence-electron chi connectivity index (χ0n) is 10.3. The van der Waals surface area contributed by atoms with E-state index in [4.69, 9.17) is 4.74 Å². The number of imide groups is 1. The summed E-state index contributed by atoms with van der Waals surface area (Å²) in [6.45, 7) is 1.56. The molecule has 2 rings (SSSR count). The van der Waals surface area contributed by atoms with Gasteiger partial charge in [-0.3, -0.25) is 4.79 Å². The molecule has 0 aromatic carbocycles. The van der Waals surface area contributed by atoms with Gasteiger partial charge in [0.25, 0.3) is 5.91 Å². The molecule has 104 valence electrons. The lowest BCUT2D eigenvalue weighted by molar-refractivity contribution is -0.818. The van der Waals surface area contributed by atoms with Crippen molar-refractivity contribution in [2.75, 3.05) is 6.61 Å². The van der Waals surface area contributed by atoms with Crippen molar-refractivity contribution in [1.82, 2.24) is 5.32 Å². The summed E-state index contributed by atoms with van der Waals surface area (Å²) in [7, 11) is -2.89. The highest BCUT2D eigenvalue weighted by Gasteiger charge is 2.40. The van der Waals surface area contributed by atoms with Crippen molar-refractivity contribution in [3.63, 3.8) is 0 Å². The smallest absolute Gasteiger partial charge is 0.488 e. The van der Waals surface area contributed by atoms with Crippen LogP contribution in [0.4, 0.5) is 4.79 Å². The van der Waals surface area contributed by atoms with E-state index >= 15 is 0 Å². The summed E-state index contributed by atoms with van der Waals surface area (Å²) >= 11 is 0. The second-order valence-corrected chi connectivity index (χ2v) is 5.11. The summed E-state index contributed by atoms with van der Waals surface area (Å²) in [6, 6.07) is -0.461. The molecule has 3 amide bonds. The monoisotopic (exact) mass is 289 g/mol. The lowest BCUT2D eigenvalue weighted by Gasteiger charge is -2.22. The standard InChI is InChI=1S/C10H13N2O6P/c1-6-4-12(10(14)11-9(6)13)8-3-2-7(18-8)5-17-19(15)16/h4,7-8H,2-3,5H2,1H3,(H,11,13,14)/p+1/t7-,8+/m0/s1. The van der Waals surface area contributed by atoms with Crippen molar-refractivity contribution < 1.29 is 33.2 Å². The van der Waals surface area contributed by atoms with Crippen molar-refractivity contribution in [1.29, 1.82) is 0 Å². The minimum atomic E-state index is -2.89. The van der Waals surface area contributed by atoms with E-state index < -0.39 is 26.4 Å². The number of nitrogens with one attached hydrogen (secondary N) is 2. The maximum absolute atomic E-state index is 11.7. The van der Waals surface area contributed by atoms with Crippen LogP contribution in [-0.4, -0.2) is 30.9 Å². The first-order valence-electron chi connectivity index (χ1n) is 5.81. The predicted molar refractivity (Wildman–Crippen MR) is 59.7 cm³/mol. The number of hydrogen-bond acceptors (Lipinski definition) is 6. The molecule has 2 aliphatic rings. The predicted octanol–water partition coefficient (Wildman–Crippen LogP) is -1.44. The third kappa shape index (κ3) is 3.43. The highest BCUT2D eigenvalue weighted by molar-refractivity contribution is 7.30. The van der Waals surface area contributed by atoms with E-state index in [0.29, 0.717) is 23.3 Å². The molecule has 0 aliphatic carbocycles. The van der Waals surface area contributed by atoms with Crippen molar-refractivity contribution in [2.45, 2.75) is 32.1 Å². The van der Waals surface area contributed by atoms with Crippen molar-refractivity contribution >= 4 is 20.2 Å². The van der Waals surface area contributed by atoms with Gasteiger partial charge >= 0.3 is 14.3 Å². The van der Waals surface area contributed by atoms with Crippen molar-refractivity contribution in [3.05, 3.63) is 11.8 Å². The van der Waals surface area contributed by atoms with Gasteiger partial charge in [-0.2, -0.15) is 4.90 Å². The van der Waals surface area contributed by atoms with Crippen LogP contribution in [-0.2, 0) is 18.6 Å². The van der Waals surface area contributed by atoms with Crippen LogP contribution in [0.1, 0.15) is 19.8 Å². The molecule has 2 unspecified atom stereocenters. The topological polar surface area (TPSA) is 109 Å². The highest BCUT2D eigenvalue weighted by Crippen LogP contribution is 2.20. The Balaban J connectivity index is 1.95. The van der Waals surface area contributed by atoms with Gasteiger partial charge in [0.1, 0.15) is 12.8 Å². The van der Waals surface area contributed by atoms with E-state index in [-0.39, 0.29) is 12.7 Å². The van der Waals surface area contributed by atoms with Gasteiger partial charge in [-0.05, 0) is 17.9 Å². The first-order valence-corrected chi connectivity index (χ1v) is 6.90. The van der Waals surface area contributed by atoms with Gasteiger partial charge in [0.2, 0.25) is 6.23 Å². The SMILES string of the molecule is CC1=C[NH+]([C@H]2CC[C@@H](CO[P+](=O)[O-])O2)C(=O)NC1=O. The number of urea groups is 1. The molecule has 0 radical (unpaired) electrons. The highest BCUT2D eigenvalue weighted by atomic mass is 31.1. The fourth-order valence-corrected chi connectivity index (χ4v) is 2.37. The first-order chi connectivity index (χ1) is 8.97. The van der Waals surface area contributed by atoms with Gasteiger partial charge in [-0.15, -0.1) is 4.52 Å². The number of ether oxygens (including phenoxy) is 1. The third-order valence-corrected chi connectivity index (χ3v) is 3.40. The summed E-state index contributed by atoms with van der Waals surface area (Å²) < 4.78 is 20.3. The maximum Gasteiger partial charge on any atom is 0.488 e. The Morgan fingerprint density at radius 3 is 3.00 bits per heavy atom. The summed E-state index contributed by atoms with van der Waals surface area (Å²) in [5, 5.41) is 2.23. The minimum Gasteiger partial charge on any atom is -0.566 e. The molecular weight excluding hydrogens is 275 g/mol. The van der Waals surface area contributed by atoms with E-state index in [9.17, 15) is 19.0 Å². The summed E-state index contributed by atoms with van der Waals surface area (Å²) in [4.78, 5) is 33.7. The fraction of sp³-hybridized carbons (Fsp3) is 0.600. The average Bonchev–Trinajstić information content (AvgIpc) is 2.80. The molecule has 4 atom stereocenters. The first kappa shape index (κ1) is 14.2. The van der Waals surface area contributed by atoms with Crippen LogP contribution < -0.4 is 15.1 Å². The normalized spacial score (nSPS) is 32.0. The molecule has 1 fully saturated rings. The number of hydrogen-bond donors (Lipinski definition) is 2. The number of quaternary nitrogens is 1. The molecule has 2 heterocycles. The van der Waals surface area contributed by atoms with Crippen LogP contribution in [0.15, 0.2) is 11.8 Å². The zero-order valence-corrected chi connectivity index (χ0v) is 11.1. The lowest BCUT2D eigenvalue weighted by Crippen LogP contribution is -3.16. The molecule has 0 saturated carbocycles. The van der Waals surface area contributed by atoms with Crippen LogP contribution in [0, 0.1) is 0 Å². The van der Waals surface area contributed by atoms with Gasteiger partial charge in [0.05, 0.1) is 11.7 Å². The Bertz CT molecular complexity index is 451. The summed E-state index contributed by atoms with van der Waals surface area (Å²) in [5.41, 5.74) is 0.445. The number of amides is 3. The molecule has 0 aromatic rings. The quantitative estimate of drug-likeness (QED) is 0.614. The third-order valence-electron chi connectivity index (χ3n) is 3.04. The molecule has 0 spiro atoms. The van der Waals surface area contributed by atoms with E-state index in [0.717, 1.165) is 0 Å². The number of rotatable bonds is 4. The van der Waals surface area contributed by atoms with Gasteiger partial charge in [0.15, 0.2) is 0 Å². The molecule has 19 heavy (non-hydrogen) atoms. The van der Waals surface area contributed by atoms with Crippen LogP contribution in [0.2, 0.25) is 0 Å². The summed E-state index contributed by atoms with van der Waals surface area (Å²) in [5.74, 6) is -0.407. The van der Waals surface area contributed by atoms with Gasteiger partial charge in [-0.25, -0.2) is 10.1 Å². The molecule has 0 bridgehead atoms. The largest absolute Gasteiger partial charge is 0.566 e. The molecule has 2 N–H and O–H groups in total. The molecule has 9 heteroatoms. The fourth-order valence-electron chi connectivity index (χ4n) is 2.08. The van der Waals surface area contributed by atoms with E-state index in [2.05, 4.69) is 9.84 Å². The van der Waals surface area contributed by atoms with Crippen molar-refractivity contribution in [2.24, 2.45) is 0 Å². The molecule has 0 aromatic heterocycles. The van der Waals surface area contributed by atoms with Crippen molar-refractivity contribution in [3.8, 4) is 0 Å². The maximum atomic E-state index is 11.7. The molecular formula is C10H14N2O6P+. The van der Waals surface area contributed by atoms with E-state index in [1.165, 1.54) is 6.20 Å². The zero-order chi connectivity index (χ0) is 14.0. The Morgan fingerprint density at radius 2 is 2.32 bits per heavy atom. The Labute approximate surface area is 110 Å². The lowest BCUT2D eigenvalue weighted by atomic mass is 10.2. The number of carbonyl (C=O) groups is 2. The van der Waals surface area contributed by atoms with E-state index in [1.54, 1.807) is 6.92 Å². The van der Waals surface area contributed by atoms with Crippen LogP contribution in [0.5, 0.6) is 0 Å². The number of carbonyl (C=O) groups excluding carboxylic acids is 2. The second-order valence-electron chi connectivity index (χ2n) is 4.41.